The molecule has 0 rings (SSSR count). The average molecular weight is 365 g/mol. The molecule has 0 saturated heterocycles. The monoisotopic (exact) mass is 364 g/mol. The summed E-state index contributed by atoms with van der Waals surface area (Å²) < 4.78 is 0. The van der Waals surface area contributed by atoms with Crippen LogP contribution < -0.4 is 47.7 Å². The summed E-state index contributed by atoms with van der Waals surface area (Å²) in [7, 11) is 0. The first kappa shape index (κ1) is 29.4. The fourth-order valence-electron chi connectivity index (χ4n) is 1.26. The van der Waals surface area contributed by atoms with Gasteiger partial charge in [0.15, 0.2) is 0 Å². The lowest BCUT2D eigenvalue weighted by atomic mass is 10.1. The number of unbranched alkanes of at least 4 members (excludes halogenated alkanes) is 2. The van der Waals surface area contributed by atoms with E-state index in [4.69, 9.17) is 33.1 Å². The van der Waals surface area contributed by atoms with Gasteiger partial charge in [0, 0.05) is 0 Å². The minimum atomic E-state index is -0.933. The molecule has 2 unspecified atom stereocenters. The third-order valence-corrected chi connectivity index (χ3v) is 2.57. The van der Waals surface area contributed by atoms with Crippen LogP contribution in [0.5, 0.6) is 0 Å². The van der Waals surface area contributed by atoms with E-state index in [-0.39, 0.29) is 27.7 Å². The highest BCUT2D eigenvalue weighted by Gasteiger charge is 2.09. The van der Waals surface area contributed by atoms with Crippen molar-refractivity contribution in [1.82, 2.24) is 0 Å². The Morgan fingerprint density at radius 3 is 1.23 bits per heavy atom. The van der Waals surface area contributed by atoms with Crippen LogP contribution in [-0.2, 0) is 9.59 Å². The molecule has 22 heavy (non-hydrogen) atoms. The number of carboxylic acids is 2. The van der Waals surface area contributed by atoms with Crippen molar-refractivity contribution in [3.8, 4) is 0 Å². The van der Waals surface area contributed by atoms with E-state index >= 15 is 0 Å². The number of aliphatic carboxylic acids is 2. The van der Waals surface area contributed by atoms with Gasteiger partial charge in [0.2, 0.25) is 0 Å². The number of nitrogens with two attached hydrogens (primary N) is 4. The minimum absolute atomic E-state index is 0. The van der Waals surface area contributed by atoms with Gasteiger partial charge in [-0.2, -0.15) is 0 Å². The van der Waals surface area contributed by atoms with Gasteiger partial charge >= 0.3 is 14.8 Å². The molecule has 0 aromatic rings. The van der Waals surface area contributed by atoms with Crippen LogP contribution in [0.15, 0.2) is 0 Å². The van der Waals surface area contributed by atoms with Crippen molar-refractivity contribution < 1.29 is 47.5 Å². The molecule has 10 heteroatoms. The Hall–Kier alpha value is -0.640. The standard InChI is InChI=1S/2C6H14N2O2.2ClH/c2*7-4-2-1-3-5(8)6(9)10;;/h2*5H,1-4,7-8H2,(H,9,10);2*1H. The van der Waals surface area contributed by atoms with Gasteiger partial charge in [-0.1, -0.05) is 12.8 Å². The number of hydrogen-bond donors (Lipinski definition) is 6. The maximum Gasteiger partial charge on any atom is 1.00 e. The van der Waals surface area contributed by atoms with Gasteiger partial charge in [0.25, 0.3) is 0 Å². The first-order valence-electron chi connectivity index (χ1n) is 6.73. The SMILES string of the molecule is NCCCCC(N)C(=O)O.NCCCCC(N)C(=O)O.[Cl-].[Cl-].[H+].[H+]. The van der Waals surface area contributed by atoms with Gasteiger partial charge in [-0.15, -0.1) is 0 Å². The lowest BCUT2D eigenvalue weighted by Crippen LogP contribution is -3.00. The smallest absolute Gasteiger partial charge is 1.00 e. The summed E-state index contributed by atoms with van der Waals surface area (Å²) in [5, 5.41) is 16.7. The molecule has 8 nitrogen and oxygen atoms in total. The predicted molar refractivity (Wildman–Crippen MR) is 79.3 cm³/mol. The number of halogens is 2. The summed E-state index contributed by atoms with van der Waals surface area (Å²) >= 11 is 0. The maximum absolute atomic E-state index is 10.1. The molecule has 10 N–H and O–H groups in total. The third-order valence-electron chi connectivity index (χ3n) is 2.57. The Morgan fingerprint density at radius 2 is 1.05 bits per heavy atom. The molecule has 0 radical (unpaired) electrons. The van der Waals surface area contributed by atoms with Crippen LogP contribution >= 0.6 is 0 Å². The Labute approximate surface area is 146 Å². The molecule has 0 aliphatic carbocycles. The van der Waals surface area contributed by atoms with E-state index in [1.165, 1.54) is 0 Å². The van der Waals surface area contributed by atoms with Crippen LogP contribution in [0.1, 0.15) is 41.4 Å². The first-order chi connectivity index (χ1) is 9.36. The molecule has 2 atom stereocenters. The third kappa shape index (κ3) is 21.7. The van der Waals surface area contributed by atoms with Gasteiger partial charge in [-0.3, -0.25) is 9.59 Å². The zero-order valence-electron chi connectivity index (χ0n) is 14.6. The fourth-order valence-corrected chi connectivity index (χ4v) is 1.26. The second-order valence-electron chi connectivity index (χ2n) is 4.46. The molecular weight excluding hydrogens is 335 g/mol. The number of hydrogen-bond acceptors (Lipinski definition) is 6. The van der Waals surface area contributed by atoms with Gasteiger partial charge < -0.3 is 58.0 Å². The molecule has 0 amide bonds. The van der Waals surface area contributed by atoms with Crippen LogP contribution in [0.4, 0.5) is 0 Å². The lowest BCUT2D eigenvalue weighted by molar-refractivity contribution is -0.139. The van der Waals surface area contributed by atoms with Crippen molar-refractivity contribution in [2.45, 2.75) is 50.6 Å². The van der Waals surface area contributed by atoms with Gasteiger partial charge in [0.05, 0.1) is 0 Å². The van der Waals surface area contributed by atoms with E-state index in [0.717, 1.165) is 25.7 Å². The molecule has 0 saturated carbocycles. The lowest BCUT2D eigenvalue weighted by Gasteiger charge is -2.03. The van der Waals surface area contributed by atoms with E-state index in [1.54, 1.807) is 0 Å². The summed E-state index contributed by atoms with van der Waals surface area (Å²) in [6.45, 7) is 1.21. The summed E-state index contributed by atoms with van der Waals surface area (Å²) in [5.41, 5.74) is 20.8. The molecule has 136 valence electrons. The topological polar surface area (TPSA) is 179 Å². The summed E-state index contributed by atoms with van der Waals surface area (Å²) in [6, 6.07) is -1.43. The molecule has 0 bridgehead atoms. The molecule has 0 aromatic heterocycles. The van der Waals surface area contributed by atoms with Crippen LogP contribution in [0.2, 0.25) is 0 Å². The second-order valence-corrected chi connectivity index (χ2v) is 4.46. The minimum Gasteiger partial charge on any atom is -1.00 e. The summed E-state index contributed by atoms with van der Waals surface area (Å²) in [6.07, 6.45) is 4.33. The highest BCUT2D eigenvalue weighted by Crippen LogP contribution is 1.97. The van der Waals surface area contributed by atoms with E-state index in [0.29, 0.717) is 25.9 Å². The number of rotatable bonds is 10. The van der Waals surface area contributed by atoms with Gasteiger partial charge in [-0.25, -0.2) is 0 Å². The van der Waals surface area contributed by atoms with E-state index in [2.05, 4.69) is 0 Å². The molecule has 0 spiro atoms. The second kappa shape index (κ2) is 20.4. The quantitative estimate of drug-likeness (QED) is 0.207. The largest absolute Gasteiger partial charge is 1.00 e. The van der Waals surface area contributed by atoms with E-state index in [9.17, 15) is 9.59 Å². The Kier molecular flexibility index (Phi) is 27.2. The Bertz CT molecular complexity index is 257. The molecule has 0 heterocycles. The molecular formula is C12H30Cl2N4O4. The van der Waals surface area contributed by atoms with Crippen molar-refractivity contribution >= 4 is 11.9 Å². The highest BCUT2D eigenvalue weighted by molar-refractivity contribution is 5.73. The summed E-state index contributed by atoms with van der Waals surface area (Å²) in [5.74, 6) is -1.87. The zero-order chi connectivity index (χ0) is 16.0. The van der Waals surface area contributed by atoms with E-state index < -0.39 is 24.0 Å². The normalized spacial score (nSPS) is 11.8. The number of carboxylic acid groups (broad SMARTS) is 2. The molecule has 0 aliphatic rings. The van der Waals surface area contributed by atoms with E-state index in [1.807, 2.05) is 0 Å². The predicted octanol–water partition coefficient (Wildman–Crippen LogP) is -6.71. The number of carbonyl (C=O) groups is 2. The van der Waals surface area contributed by atoms with Crippen molar-refractivity contribution in [1.29, 1.82) is 0 Å². The Morgan fingerprint density at radius 1 is 0.773 bits per heavy atom. The van der Waals surface area contributed by atoms with Crippen molar-refractivity contribution in [2.75, 3.05) is 13.1 Å². The molecule has 0 fully saturated rings. The van der Waals surface area contributed by atoms with Crippen LogP contribution in [0.25, 0.3) is 0 Å². The van der Waals surface area contributed by atoms with Crippen molar-refractivity contribution in [3.05, 3.63) is 0 Å². The van der Waals surface area contributed by atoms with Crippen LogP contribution in [-0.4, -0.2) is 47.3 Å². The Balaban J connectivity index is -0.0000000579. The molecule has 0 aromatic carbocycles. The first-order valence-corrected chi connectivity index (χ1v) is 6.73. The average Bonchev–Trinajstić information content (AvgIpc) is 2.39. The van der Waals surface area contributed by atoms with Gasteiger partial charge in [-0.05, 0) is 38.8 Å². The van der Waals surface area contributed by atoms with Crippen LogP contribution in [0, 0.1) is 0 Å². The fraction of sp³-hybridized carbons (Fsp3) is 0.833. The molecule has 0 aliphatic heterocycles. The maximum atomic E-state index is 10.1. The highest BCUT2D eigenvalue weighted by atomic mass is 35.5. The summed E-state index contributed by atoms with van der Waals surface area (Å²) in [4.78, 5) is 20.3. The van der Waals surface area contributed by atoms with Crippen molar-refractivity contribution in [2.24, 2.45) is 22.9 Å². The van der Waals surface area contributed by atoms with Crippen molar-refractivity contribution in [3.63, 3.8) is 0 Å². The zero-order valence-corrected chi connectivity index (χ0v) is 14.1. The van der Waals surface area contributed by atoms with Crippen LogP contribution in [0.3, 0.4) is 0 Å². The van der Waals surface area contributed by atoms with Gasteiger partial charge in [0.1, 0.15) is 12.1 Å².